The van der Waals surface area contributed by atoms with Crippen LogP contribution in [0.2, 0.25) is 0 Å². The van der Waals surface area contributed by atoms with Crippen molar-refractivity contribution in [3.05, 3.63) is 35.9 Å². The molecule has 1 fully saturated rings. The second kappa shape index (κ2) is 12.8. The smallest absolute Gasteiger partial charge is 0.213 e. The minimum atomic E-state index is -3.36. The Kier molecular flexibility index (Phi) is 10.5. The summed E-state index contributed by atoms with van der Waals surface area (Å²) in [6.07, 6.45) is 5.01. The number of nitrogens with zero attached hydrogens (tertiary/aromatic N) is 1. The molecule has 8 heteroatoms. The molecule has 1 aromatic carbocycles. The van der Waals surface area contributed by atoms with Crippen LogP contribution in [0.25, 0.3) is 0 Å². The van der Waals surface area contributed by atoms with E-state index in [1.807, 2.05) is 25.1 Å². The molecule has 0 aromatic heterocycles. The second-order valence-electron chi connectivity index (χ2n) is 7.49. The molecule has 1 aliphatic heterocycles. The highest BCUT2D eigenvalue weighted by Crippen LogP contribution is 2.11. The number of ether oxygens (including phenoxy) is 1. The summed E-state index contributed by atoms with van der Waals surface area (Å²) in [6, 6.07) is 10.6. The third-order valence-electron chi connectivity index (χ3n) is 4.87. The van der Waals surface area contributed by atoms with Crippen molar-refractivity contribution in [3.8, 4) is 0 Å². The van der Waals surface area contributed by atoms with Crippen LogP contribution in [0.3, 0.4) is 0 Å². The van der Waals surface area contributed by atoms with Crippen molar-refractivity contribution < 1.29 is 13.2 Å². The van der Waals surface area contributed by atoms with Crippen molar-refractivity contribution in [2.75, 3.05) is 32.0 Å². The molecule has 1 aromatic rings. The fourth-order valence-electron chi connectivity index (χ4n) is 3.19. The van der Waals surface area contributed by atoms with Gasteiger partial charge in [0.05, 0.1) is 18.4 Å². The standard InChI is InChI=1S/C21H36N4O3S/c1-3-22-21(25-18(2)12-13-19-9-5-4-6-10-19)23-14-16-29(26,27)24-17-20-11-7-8-15-28-20/h4-6,9-10,18,20,24H,3,7-8,11-17H2,1-2H3,(H2,22,23,25). The van der Waals surface area contributed by atoms with E-state index in [0.29, 0.717) is 12.5 Å². The highest BCUT2D eigenvalue weighted by molar-refractivity contribution is 7.89. The van der Waals surface area contributed by atoms with Gasteiger partial charge in [-0.3, -0.25) is 4.99 Å². The Morgan fingerprint density at radius 3 is 2.76 bits per heavy atom. The summed E-state index contributed by atoms with van der Waals surface area (Å²) in [4.78, 5) is 4.43. The third-order valence-corrected chi connectivity index (χ3v) is 6.20. The van der Waals surface area contributed by atoms with Crippen LogP contribution in [0.5, 0.6) is 0 Å². The lowest BCUT2D eigenvalue weighted by Crippen LogP contribution is -2.43. The summed E-state index contributed by atoms with van der Waals surface area (Å²) in [5, 5.41) is 6.55. The molecule has 0 radical (unpaired) electrons. The van der Waals surface area contributed by atoms with Gasteiger partial charge in [-0.25, -0.2) is 13.1 Å². The first-order valence-electron chi connectivity index (χ1n) is 10.7. The highest BCUT2D eigenvalue weighted by atomic mass is 32.2. The maximum atomic E-state index is 12.2. The number of aliphatic imine (C=N–C) groups is 1. The Morgan fingerprint density at radius 1 is 1.28 bits per heavy atom. The van der Waals surface area contributed by atoms with Crippen molar-refractivity contribution >= 4 is 16.0 Å². The van der Waals surface area contributed by atoms with E-state index in [2.05, 4.69) is 39.4 Å². The minimum absolute atomic E-state index is 0.00789. The van der Waals surface area contributed by atoms with E-state index >= 15 is 0 Å². The number of rotatable bonds is 11. The summed E-state index contributed by atoms with van der Waals surface area (Å²) in [7, 11) is -3.36. The van der Waals surface area contributed by atoms with E-state index in [4.69, 9.17) is 4.74 Å². The zero-order chi connectivity index (χ0) is 21.0. The van der Waals surface area contributed by atoms with Crippen LogP contribution in [0, 0.1) is 0 Å². The van der Waals surface area contributed by atoms with Gasteiger partial charge in [0.2, 0.25) is 10.0 Å². The first kappa shape index (κ1) is 23.6. The monoisotopic (exact) mass is 424 g/mol. The molecule has 2 unspecified atom stereocenters. The number of hydrogen-bond acceptors (Lipinski definition) is 4. The molecule has 29 heavy (non-hydrogen) atoms. The van der Waals surface area contributed by atoms with Crippen LogP contribution < -0.4 is 15.4 Å². The van der Waals surface area contributed by atoms with Crippen molar-refractivity contribution in [3.63, 3.8) is 0 Å². The van der Waals surface area contributed by atoms with Gasteiger partial charge in [-0.05, 0) is 51.5 Å². The lowest BCUT2D eigenvalue weighted by molar-refractivity contribution is 0.0200. The molecular weight excluding hydrogens is 388 g/mol. The van der Waals surface area contributed by atoms with Crippen LogP contribution in [0.1, 0.15) is 45.1 Å². The van der Waals surface area contributed by atoms with Crippen LogP contribution in [0.15, 0.2) is 35.3 Å². The molecular formula is C21H36N4O3S. The molecule has 2 atom stereocenters. The molecule has 0 spiro atoms. The molecule has 0 saturated carbocycles. The molecule has 1 saturated heterocycles. The first-order chi connectivity index (χ1) is 14.0. The lowest BCUT2D eigenvalue weighted by atomic mass is 10.1. The molecule has 0 aliphatic carbocycles. The van der Waals surface area contributed by atoms with Gasteiger partial charge in [0.15, 0.2) is 5.96 Å². The maximum Gasteiger partial charge on any atom is 0.213 e. The van der Waals surface area contributed by atoms with Crippen LogP contribution in [-0.4, -0.2) is 58.5 Å². The molecule has 2 rings (SSSR count). The molecule has 1 heterocycles. The predicted molar refractivity (Wildman–Crippen MR) is 119 cm³/mol. The van der Waals surface area contributed by atoms with E-state index in [1.165, 1.54) is 5.56 Å². The molecule has 7 nitrogen and oxygen atoms in total. The van der Waals surface area contributed by atoms with E-state index in [-0.39, 0.29) is 24.4 Å². The van der Waals surface area contributed by atoms with Crippen molar-refractivity contribution in [1.29, 1.82) is 0 Å². The Morgan fingerprint density at radius 2 is 2.07 bits per heavy atom. The summed E-state index contributed by atoms with van der Waals surface area (Å²) in [5.41, 5.74) is 1.31. The number of sulfonamides is 1. The van der Waals surface area contributed by atoms with Crippen molar-refractivity contribution in [2.45, 2.75) is 58.1 Å². The number of guanidine groups is 1. The average Bonchev–Trinajstić information content (AvgIpc) is 2.72. The van der Waals surface area contributed by atoms with Gasteiger partial charge in [-0.15, -0.1) is 0 Å². The molecule has 164 valence electrons. The Hall–Kier alpha value is -1.64. The predicted octanol–water partition coefficient (Wildman–Crippen LogP) is 2.05. The van der Waals surface area contributed by atoms with E-state index in [0.717, 1.165) is 45.3 Å². The lowest BCUT2D eigenvalue weighted by Gasteiger charge is -2.22. The van der Waals surface area contributed by atoms with Crippen LogP contribution in [0.4, 0.5) is 0 Å². The van der Waals surface area contributed by atoms with E-state index < -0.39 is 10.0 Å². The quantitative estimate of drug-likeness (QED) is 0.374. The van der Waals surface area contributed by atoms with Gasteiger partial charge < -0.3 is 15.4 Å². The zero-order valence-electron chi connectivity index (χ0n) is 17.7. The largest absolute Gasteiger partial charge is 0.377 e. The maximum absolute atomic E-state index is 12.2. The number of hydrogen-bond donors (Lipinski definition) is 3. The molecule has 1 aliphatic rings. The van der Waals surface area contributed by atoms with Crippen molar-refractivity contribution in [2.24, 2.45) is 4.99 Å². The number of benzene rings is 1. The number of aryl methyl sites for hydroxylation is 1. The van der Waals surface area contributed by atoms with Gasteiger partial charge in [0.1, 0.15) is 0 Å². The third kappa shape index (κ3) is 10.1. The minimum Gasteiger partial charge on any atom is -0.377 e. The SMILES string of the molecule is CCNC(=NCCS(=O)(=O)NCC1CCCCO1)NC(C)CCc1ccccc1. The summed E-state index contributed by atoms with van der Waals surface area (Å²) >= 11 is 0. The van der Waals surface area contributed by atoms with Gasteiger partial charge >= 0.3 is 0 Å². The van der Waals surface area contributed by atoms with Gasteiger partial charge in [0, 0.05) is 25.7 Å². The molecule has 0 bridgehead atoms. The van der Waals surface area contributed by atoms with Gasteiger partial charge in [-0.2, -0.15) is 0 Å². The second-order valence-corrected chi connectivity index (χ2v) is 9.41. The Bertz CT molecular complexity index is 704. The molecule has 3 N–H and O–H groups in total. The molecule has 0 amide bonds. The van der Waals surface area contributed by atoms with Gasteiger partial charge in [0.25, 0.3) is 0 Å². The summed E-state index contributed by atoms with van der Waals surface area (Å²) < 4.78 is 32.7. The zero-order valence-corrected chi connectivity index (χ0v) is 18.5. The average molecular weight is 425 g/mol. The van der Waals surface area contributed by atoms with E-state index in [1.54, 1.807) is 0 Å². The van der Waals surface area contributed by atoms with Crippen LogP contribution in [-0.2, 0) is 21.2 Å². The summed E-state index contributed by atoms with van der Waals surface area (Å²) in [5.74, 6) is 0.619. The van der Waals surface area contributed by atoms with Crippen molar-refractivity contribution in [1.82, 2.24) is 15.4 Å². The first-order valence-corrected chi connectivity index (χ1v) is 12.3. The fraction of sp³-hybridized carbons (Fsp3) is 0.667. The van der Waals surface area contributed by atoms with E-state index in [9.17, 15) is 8.42 Å². The van der Waals surface area contributed by atoms with Crippen LogP contribution >= 0.6 is 0 Å². The van der Waals surface area contributed by atoms with Gasteiger partial charge in [-0.1, -0.05) is 30.3 Å². The normalized spacial score (nSPS) is 19.0. The fourth-order valence-corrected chi connectivity index (χ4v) is 4.11. The topological polar surface area (TPSA) is 91.8 Å². The Labute approximate surface area is 175 Å². The number of nitrogens with one attached hydrogen (secondary N) is 3. The summed E-state index contributed by atoms with van der Waals surface area (Å²) in [6.45, 7) is 6.10. The highest BCUT2D eigenvalue weighted by Gasteiger charge is 2.17. The Balaban J connectivity index is 1.74.